The quantitative estimate of drug-likeness (QED) is 0.131. The highest BCUT2D eigenvalue weighted by molar-refractivity contribution is 6.10. The molecule has 5 aromatic rings. The van der Waals surface area contributed by atoms with Crippen LogP contribution in [0.4, 0.5) is 0 Å². The number of amides is 1. The molecule has 0 bridgehead atoms. The van der Waals surface area contributed by atoms with E-state index in [0.29, 0.717) is 17.0 Å². The van der Waals surface area contributed by atoms with E-state index >= 15 is 0 Å². The molecule has 0 fully saturated rings. The Kier molecular flexibility index (Phi) is 6.44. The van der Waals surface area contributed by atoms with Crippen LogP contribution in [0.15, 0.2) is 101 Å². The van der Waals surface area contributed by atoms with Crippen LogP contribution in [-0.4, -0.2) is 23.1 Å². The van der Waals surface area contributed by atoms with Gasteiger partial charge in [-0.3, -0.25) is 4.79 Å². The molecule has 0 unspecified atom stereocenters. The number of nitrogens with one attached hydrogen (secondary N) is 2. The highest BCUT2D eigenvalue weighted by atomic mass is 16.5. The standard InChI is InChI=1S/C29H23N3O4/c1-2-19-13-8-14-22-25(20-10-4-3-5-11-20)27(31-26(19)22)28(33)32-30-18-21-12-6-7-15-23(21)36-29(34)24-16-9-17-35-24/h3-18,31H,2H2,1H3,(H,32,33). The van der Waals surface area contributed by atoms with Crippen molar-refractivity contribution in [2.75, 3.05) is 0 Å². The lowest BCUT2D eigenvalue weighted by Crippen LogP contribution is -2.19. The minimum Gasteiger partial charge on any atom is -0.457 e. The van der Waals surface area contributed by atoms with Gasteiger partial charge in [0.05, 0.1) is 12.5 Å². The Morgan fingerprint density at radius 3 is 2.56 bits per heavy atom. The topological polar surface area (TPSA) is 96.7 Å². The Hall–Kier alpha value is -4.91. The van der Waals surface area contributed by atoms with E-state index in [-0.39, 0.29) is 11.7 Å². The maximum absolute atomic E-state index is 13.3. The molecule has 178 valence electrons. The Morgan fingerprint density at radius 1 is 0.972 bits per heavy atom. The summed E-state index contributed by atoms with van der Waals surface area (Å²) in [7, 11) is 0. The van der Waals surface area contributed by atoms with Crippen LogP contribution in [0, 0.1) is 0 Å². The van der Waals surface area contributed by atoms with Crippen molar-refractivity contribution in [2.45, 2.75) is 13.3 Å². The number of aryl methyl sites for hydroxylation is 1. The third-order valence-electron chi connectivity index (χ3n) is 5.80. The smallest absolute Gasteiger partial charge is 0.379 e. The molecule has 0 saturated heterocycles. The van der Waals surface area contributed by atoms with E-state index in [2.05, 4.69) is 22.4 Å². The molecule has 0 radical (unpaired) electrons. The van der Waals surface area contributed by atoms with E-state index in [4.69, 9.17) is 9.15 Å². The number of carbonyl (C=O) groups is 2. The Morgan fingerprint density at radius 2 is 1.78 bits per heavy atom. The van der Waals surface area contributed by atoms with E-state index in [1.807, 2.05) is 48.5 Å². The normalized spacial score (nSPS) is 11.1. The van der Waals surface area contributed by atoms with Crippen LogP contribution in [0.1, 0.15) is 39.1 Å². The lowest BCUT2D eigenvalue weighted by atomic mass is 10.00. The Bertz CT molecular complexity index is 1550. The van der Waals surface area contributed by atoms with Crippen molar-refractivity contribution in [1.82, 2.24) is 10.4 Å². The van der Waals surface area contributed by atoms with Crippen molar-refractivity contribution in [3.05, 3.63) is 114 Å². The molecule has 3 aromatic carbocycles. The van der Waals surface area contributed by atoms with Crippen LogP contribution in [-0.2, 0) is 6.42 Å². The second-order valence-corrected chi connectivity index (χ2v) is 8.04. The number of aromatic nitrogens is 1. The largest absolute Gasteiger partial charge is 0.457 e. The number of carbonyl (C=O) groups excluding carboxylic acids is 2. The van der Waals surface area contributed by atoms with Gasteiger partial charge in [-0.1, -0.05) is 67.6 Å². The second kappa shape index (κ2) is 10.1. The maximum Gasteiger partial charge on any atom is 0.379 e. The summed E-state index contributed by atoms with van der Waals surface area (Å²) in [4.78, 5) is 28.9. The number of rotatable bonds is 7. The molecule has 0 atom stereocenters. The summed E-state index contributed by atoms with van der Waals surface area (Å²) in [5.74, 6) is -0.621. The molecule has 7 heteroatoms. The molecule has 7 nitrogen and oxygen atoms in total. The van der Waals surface area contributed by atoms with Gasteiger partial charge in [-0.05, 0) is 41.8 Å². The molecule has 5 rings (SSSR count). The number of hydrogen-bond acceptors (Lipinski definition) is 5. The Balaban J connectivity index is 1.42. The van der Waals surface area contributed by atoms with Gasteiger partial charge in [0.2, 0.25) is 5.76 Å². The molecule has 0 aliphatic heterocycles. The molecule has 0 saturated carbocycles. The van der Waals surface area contributed by atoms with Crippen LogP contribution in [0.2, 0.25) is 0 Å². The van der Waals surface area contributed by atoms with E-state index in [1.54, 1.807) is 30.3 Å². The van der Waals surface area contributed by atoms with E-state index in [9.17, 15) is 9.59 Å². The molecule has 2 N–H and O–H groups in total. The molecule has 0 aliphatic rings. The fraction of sp³-hybridized carbons (Fsp3) is 0.0690. The van der Waals surface area contributed by atoms with Crippen LogP contribution >= 0.6 is 0 Å². The van der Waals surface area contributed by atoms with Gasteiger partial charge in [0.25, 0.3) is 5.91 Å². The maximum atomic E-state index is 13.3. The number of hydrogen-bond donors (Lipinski definition) is 2. The van der Waals surface area contributed by atoms with Gasteiger partial charge in [0, 0.05) is 22.0 Å². The molecular formula is C29H23N3O4. The van der Waals surface area contributed by atoms with E-state index < -0.39 is 5.97 Å². The monoisotopic (exact) mass is 477 g/mol. The lowest BCUT2D eigenvalue weighted by molar-refractivity contribution is 0.0701. The van der Waals surface area contributed by atoms with Crippen molar-refractivity contribution >= 4 is 29.0 Å². The summed E-state index contributed by atoms with van der Waals surface area (Å²) in [5, 5.41) is 5.11. The molecule has 2 heterocycles. The first-order valence-electron chi connectivity index (χ1n) is 11.5. The number of nitrogens with zero attached hydrogens (tertiary/aromatic N) is 1. The first-order chi connectivity index (χ1) is 17.7. The average molecular weight is 478 g/mol. The predicted molar refractivity (Wildman–Crippen MR) is 138 cm³/mol. The fourth-order valence-electron chi connectivity index (χ4n) is 4.09. The van der Waals surface area contributed by atoms with Gasteiger partial charge in [0.15, 0.2) is 0 Å². The summed E-state index contributed by atoms with van der Waals surface area (Å²) in [5.41, 5.74) is 7.36. The molecular weight excluding hydrogens is 454 g/mol. The highest BCUT2D eigenvalue weighted by Gasteiger charge is 2.20. The molecule has 1 amide bonds. The van der Waals surface area contributed by atoms with Crippen LogP contribution in [0.5, 0.6) is 5.75 Å². The van der Waals surface area contributed by atoms with Gasteiger partial charge in [-0.15, -0.1) is 0 Å². The minimum atomic E-state index is -0.623. The van der Waals surface area contributed by atoms with Gasteiger partial charge >= 0.3 is 5.97 Å². The first kappa shape index (κ1) is 22.9. The number of ether oxygens (including phenoxy) is 1. The van der Waals surface area contributed by atoms with Crippen molar-refractivity contribution in [1.29, 1.82) is 0 Å². The Labute approximate surface area is 207 Å². The number of benzene rings is 3. The van der Waals surface area contributed by atoms with E-state index in [1.165, 1.54) is 18.5 Å². The van der Waals surface area contributed by atoms with Crippen LogP contribution in [0.25, 0.3) is 22.0 Å². The van der Waals surface area contributed by atoms with Crippen LogP contribution in [0.3, 0.4) is 0 Å². The SMILES string of the molecule is CCc1cccc2c(-c3ccccc3)c(C(=O)NN=Cc3ccccc3OC(=O)c3ccco3)[nH]c12. The zero-order chi connectivity index (χ0) is 24.9. The lowest BCUT2D eigenvalue weighted by Gasteiger charge is -2.06. The minimum absolute atomic E-state index is 0.0914. The molecule has 36 heavy (non-hydrogen) atoms. The first-order valence-corrected chi connectivity index (χ1v) is 11.5. The number of furan rings is 1. The zero-order valence-corrected chi connectivity index (χ0v) is 19.5. The number of H-pyrrole nitrogens is 1. The van der Waals surface area contributed by atoms with Crippen molar-refractivity contribution in [3.63, 3.8) is 0 Å². The fourth-order valence-corrected chi connectivity index (χ4v) is 4.09. The average Bonchev–Trinajstić information content (AvgIpc) is 3.59. The van der Waals surface area contributed by atoms with Gasteiger partial charge < -0.3 is 14.1 Å². The second-order valence-electron chi connectivity index (χ2n) is 8.04. The summed E-state index contributed by atoms with van der Waals surface area (Å²) in [6.45, 7) is 2.08. The van der Waals surface area contributed by atoms with Crippen molar-refractivity contribution < 1.29 is 18.7 Å². The van der Waals surface area contributed by atoms with Gasteiger partial charge in [-0.25, -0.2) is 10.2 Å². The number of hydrazone groups is 1. The van der Waals surface area contributed by atoms with Crippen molar-refractivity contribution in [3.8, 4) is 16.9 Å². The van der Waals surface area contributed by atoms with Crippen LogP contribution < -0.4 is 10.2 Å². The van der Waals surface area contributed by atoms with Gasteiger partial charge in [0.1, 0.15) is 11.4 Å². The predicted octanol–water partition coefficient (Wildman–Crippen LogP) is 5.97. The van der Waals surface area contributed by atoms with E-state index in [0.717, 1.165) is 34.0 Å². The molecule has 0 spiro atoms. The summed E-state index contributed by atoms with van der Waals surface area (Å²) in [6.07, 6.45) is 3.67. The molecule has 2 aromatic heterocycles. The summed E-state index contributed by atoms with van der Waals surface area (Å²) >= 11 is 0. The number of para-hydroxylation sites is 2. The van der Waals surface area contributed by atoms with Gasteiger partial charge in [-0.2, -0.15) is 5.10 Å². The third-order valence-corrected chi connectivity index (χ3v) is 5.80. The summed E-state index contributed by atoms with van der Waals surface area (Å²) < 4.78 is 10.5. The third kappa shape index (κ3) is 4.54. The number of fused-ring (bicyclic) bond motifs is 1. The zero-order valence-electron chi connectivity index (χ0n) is 19.5. The van der Waals surface area contributed by atoms with Crippen molar-refractivity contribution in [2.24, 2.45) is 5.10 Å². The number of esters is 1. The highest BCUT2D eigenvalue weighted by Crippen LogP contribution is 2.34. The number of aromatic amines is 1. The molecule has 0 aliphatic carbocycles. The summed E-state index contributed by atoms with van der Waals surface area (Å²) in [6, 6.07) is 25.9.